The van der Waals surface area contributed by atoms with Crippen molar-refractivity contribution in [3.05, 3.63) is 48.0 Å². The second-order valence-corrected chi connectivity index (χ2v) is 7.99. The number of nitrogens with zero attached hydrogens (tertiary/aromatic N) is 2. The molecule has 4 rings (SSSR count). The Morgan fingerprint density at radius 3 is 2.77 bits per heavy atom. The molecule has 5 N–H and O–H groups in total. The lowest BCUT2D eigenvalue weighted by Crippen LogP contribution is -2.47. The van der Waals surface area contributed by atoms with Crippen molar-refractivity contribution in [1.82, 2.24) is 5.32 Å². The molecule has 0 aliphatic carbocycles. The van der Waals surface area contributed by atoms with Crippen LogP contribution in [0.4, 0.5) is 22.7 Å². The Hall–Kier alpha value is -3.19. The Kier molecular flexibility index (Phi) is 5.81. The number of amides is 1. The molecule has 2 heterocycles. The molecule has 2 atom stereocenters. The molecule has 2 aliphatic heterocycles. The molecule has 156 valence electrons. The fraction of sp³-hybridized carbons (Fsp3) is 0.348. The largest absolute Gasteiger partial charge is 0.397 e. The van der Waals surface area contributed by atoms with E-state index in [1.54, 1.807) is 6.07 Å². The number of anilines is 3. The molecule has 2 aromatic rings. The van der Waals surface area contributed by atoms with Gasteiger partial charge in [0, 0.05) is 17.9 Å². The molecule has 0 aromatic heterocycles. The number of carbonyl (C=O) groups excluding carboxylic acids is 1. The average molecular weight is 405 g/mol. The number of carbonyl (C=O) groups is 1. The molecule has 1 amide bonds. The number of para-hydroxylation sites is 1. The standard InChI is InChI=1S/C23H28N6O/c1-14(2)26-21-13-25-11-10-18(21)27-16-8-6-15(7-9-16)20-12-22(30)28-19-5-3-4-17(24)23(19)29-20/h3-9,18,21,25,27H,10-13,24H2,1-2H3,(H,28,30). The van der Waals surface area contributed by atoms with Gasteiger partial charge in [-0.1, -0.05) is 18.2 Å². The SMILES string of the molecule is CC(C)=NC1CNCCC1Nc1ccc(C2=Nc3c(N)cccc3NC(=O)C2)cc1. The summed E-state index contributed by atoms with van der Waals surface area (Å²) in [5.74, 6) is -0.0920. The van der Waals surface area contributed by atoms with E-state index in [1.807, 2.05) is 50.2 Å². The highest BCUT2D eigenvalue weighted by Gasteiger charge is 2.24. The summed E-state index contributed by atoms with van der Waals surface area (Å²) in [5.41, 5.74) is 11.7. The van der Waals surface area contributed by atoms with Crippen LogP contribution in [0.2, 0.25) is 0 Å². The monoisotopic (exact) mass is 404 g/mol. The highest BCUT2D eigenvalue weighted by Crippen LogP contribution is 2.34. The van der Waals surface area contributed by atoms with E-state index in [4.69, 9.17) is 15.7 Å². The van der Waals surface area contributed by atoms with E-state index in [1.165, 1.54) is 0 Å². The van der Waals surface area contributed by atoms with E-state index in [9.17, 15) is 4.79 Å². The van der Waals surface area contributed by atoms with Crippen molar-refractivity contribution in [2.75, 3.05) is 29.5 Å². The van der Waals surface area contributed by atoms with Gasteiger partial charge in [0.25, 0.3) is 0 Å². The Bertz CT molecular complexity index is 991. The van der Waals surface area contributed by atoms with E-state index in [2.05, 4.69) is 16.0 Å². The molecular formula is C23H28N6O. The summed E-state index contributed by atoms with van der Waals surface area (Å²) < 4.78 is 0. The molecule has 1 saturated heterocycles. The summed E-state index contributed by atoms with van der Waals surface area (Å²) in [6.45, 7) is 5.94. The number of aliphatic imine (C=N–C) groups is 2. The summed E-state index contributed by atoms with van der Waals surface area (Å²) in [5, 5.41) is 9.93. The molecule has 1 fully saturated rings. The van der Waals surface area contributed by atoms with Crippen LogP contribution in [0, 0.1) is 0 Å². The molecule has 2 aromatic carbocycles. The Morgan fingerprint density at radius 1 is 1.20 bits per heavy atom. The lowest BCUT2D eigenvalue weighted by molar-refractivity contribution is -0.115. The van der Waals surface area contributed by atoms with Crippen molar-refractivity contribution in [2.45, 2.75) is 38.8 Å². The molecule has 0 spiro atoms. The highest BCUT2D eigenvalue weighted by molar-refractivity contribution is 6.17. The summed E-state index contributed by atoms with van der Waals surface area (Å²) in [6, 6.07) is 14.0. The van der Waals surface area contributed by atoms with Crippen LogP contribution in [-0.4, -0.2) is 42.5 Å². The maximum absolute atomic E-state index is 12.3. The van der Waals surface area contributed by atoms with Crippen LogP contribution in [0.3, 0.4) is 0 Å². The number of hydrogen-bond acceptors (Lipinski definition) is 6. The summed E-state index contributed by atoms with van der Waals surface area (Å²) in [7, 11) is 0. The molecule has 2 unspecified atom stereocenters. The van der Waals surface area contributed by atoms with Crippen LogP contribution in [0.25, 0.3) is 0 Å². The molecule has 30 heavy (non-hydrogen) atoms. The van der Waals surface area contributed by atoms with Gasteiger partial charge in [-0.25, -0.2) is 4.99 Å². The fourth-order valence-electron chi connectivity index (χ4n) is 3.93. The maximum atomic E-state index is 12.3. The Balaban J connectivity index is 1.55. The van der Waals surface area contributed by atoms with Gasteiger partial charge in [0.05, 0.1) is 35.6 Å². The van der Waals surface area contributed by atoms with Crippen LogP contribution >= 0.6 is 0 Å². The summed E-state index contributed by atoms with van der Waals surface area (Å²) >= 11 is 0. The molecule has 0 saturated carbocycles. The van der Waals surface area contributed by atoms with Gasteiger partial charge in [-0.05, 0) is 56.6 Å². The second kappa shape index (κ2) is 8.67. The zero-order valence-electron chi connectivity index (χ0n) is 17.4. The smallest absolute Gasteiger partial charge is 0.230 e. The van der Waals surface area contributed by atoms with Crippen molar-refractivity contribution in [3.8, 4) is 0 Å². The first-order chi connectivity index (χ1) is 14.5. The molecule has 7 heteroatoms. The van der Waals surface area contributed by atoms with Crippen molar-refractivity contribution in [2.24, 2.45) is 9.98 Å². The van der Waals surface area contributed by atoms with Crippen LogP contribution in [0.1, 0.15) is 32.3 Å². The first-order valence-corrected chi connectivity index (χ1v) is 10.3. The predicted molar refractivity (Wildman–Crippen MR) is 124 cm³/mol. The van der Waals surface area contributed by atoms with Crippen LogP contribution in [0.15, 0.2) is 52.4 Å². The van der Waals surface area contributed by atoms with Gasteiger partial charge in [-0.3, -0.25) is 9.79 Å². The van der Waals surface area contributed by atoms with Gasteiger partial charge in [-0.2, -0.15) is 0 Å². The van der Waals surface area contributed by atoms with Gasteiger partial charge in [0.15, 0.2) is 0 Å². The van der Waals surface area contributed by atoms with E-state index in [-0.39, 0.29) is 18.4 Å². The van der Waals surface area contributed by atoms with E-state index >= 15 is 0 Å². The van der Waals surface area contributed by atoms with Gasteiger partial charge in [0.2, 0.25) is 5.91 Å². The second-order valence-electron chi connectivity index (χ2n) is 7.99. The van der Waals surface area contributed by atoms with Gasteiger partial charge in [0.1, 0.15) is 5.69 Å². The van der Waals surface area contributed by atoms with Crippen molar-refractivity contribution in [1.29, 1.82) is 0 Å². The van der Waals surface area contributed by atoms with Crippen LogP contribution < -0.4 is 21.7 Å². The van der Waals surface area contributed by atoms with Gasteiger partial charge < -0.3 is 21.7 Å². The van der Waals surface area contributed by atoms with Crippen molar-refractivity contribution < 1.29 is 4.79 Å². The number of piperidine rings is 1. The van der Waals surface area contributed by atoms with Crippen LogP contribution in [-0.2, 0) is 4.79 Å². The third-order valence-corrected chi connectivity index (χ3v) is 5.36. The molecule has 2 aliphatic rings. The number of nitrogen functional groups attached to an aromatic ring is 1. The minimum Gasteiger partial charge on any atom is -0.397 e. The predicted octanol–water partition coefficient (Wildman–Crippen LogP) is 3.36. The first-order valence-electron chi connectivity index (χ1n) is 10.3. The normalized spacial score (nSPS) is 21.0. The number of hydrogen-bond donors (Lipinski definition) is 4. The number of nitrogens with one attached hydrogen (secondary N) is 3. The van der Waals surface area contributed by atoms with Crippen LogP contribution in [0.5, 0.6) is 0 Å². The molecular weight excluding hydrogens is 376 g/mol. The third-order valence-electron chi connectivity index (χ3n) is 5.36. The average Bonchev–Trinajstić information content (AvgIpc) is 2.89. The van der Waals surface area contributed by atoms with E-state index in [0.29, 0.717) is 28.8 Å². The summed E-state index contributed by atoms with van der Waals surface area (Å²) in [6.07, 6.45) is 1.23. The Labute approximate surface area is 176 Å². The zero-order valence-corrected chi connectivity index (χ0v) is 17.4. The molecule has 0 radical (unpaired) electrons. The molecule has 7 nitrogen and oxygen atoms in total. The van der Waals surface area contributed by atoms with E-state index < -0.39 is 0 Å². The number of fused-ring (bicyclic) bond motifs is 1. The lowest BCUT2D eigenvalue weighted by Gasteiger charge is -2.31. The van der Waals surface area contributed by atoms with Crippen molar-refractivity contribution >= 4 is 40.1 Å². The maximum Gasteiger partial charge on any atom is 0.230 e. The van der Waals surface area contributed by atoms with Crippen molar-refractivity contribution in [3.63, 3.8) is 0 Å². The fourth-order valence-corrected chi connectivity index (χ4v) is 3.93. The minimum atomic E-state index is -0.0920. The van der Waals surface area contributed by atoms with E-state index in [0.717, 1.165) is 36.5 Å². The third kappa shape index (κ3) is 4.52. The number of rotatable bonds is 4. The number of benzene rings is 2. The topological polar surface area (TPSA) is 104 Å². The first kappa shape index (κ1) is 20.1. The molecule has 0 bridgehead atoms. The highest BCUT2D eigenvalue weighted by atomic mass is 16.1. The van der Waals surface area contributed by atoms with Gasteiger partial charge in [-0.15, -0.1) is 0 Å². The summed E-state index contributed by atoms with van der Waals surface area (Å²) in [4.78, 5) is 21.8. The quantitative estimate of drug-likeness (QED) is 0.463. The lowest BCUT2D eigenvalue weighted by atomic mass is 10.00. The zero-order chi connectivity index (χ0) is 21.1. The Morgan fingerprint density at radius 2 is 2.00 bits per heavy atom. The van der Waals surface area contributed by atoms with Gasteiger partial charge >= 0.3 is 0 Å². The number of nitrogens with two attached hydrogens (primary N) is 1. The minimum absolute atomic E-state index is 0.0920.